The molecule has 16 heavy (non-hydrogen) atoms. The van der Waals surface area contributed by atoms with Crippen molar-refractivity contribution in [3.8, 4) is 0 Å². The van der Waals surface area contributed by atoms with Crippen LogP contribution < -0.4 is 5.32 Å². The van der Waals surface area contributed by atoms with E-state index in [1.165, 1.54) is 25.9 Å². The Morgan fingerprint density at radius 3 is 2.75 bits per heavy atom. The normalized spacial score (nSPS) is 34.5. The summed E-state index contributed by atoms with van der Waals surface area (Å²) < 4.78 is 5.80. The second kappa shape index (κ2) is 5.48. The molecular formula is C13H26N2O. The highest BCUT2D eigenvalue weighted by atomic mass is 16.5. The van der Waals surface area contributed by atoms with Gasteiger partial charge in [0.15, 0.2) is 0 Å². The molecule has 94 valence electrons. The maximum Gasteiger partial charge on any atom is 0.0728 e. The van der Waals surface area contributed by atoms with Crippen molar-refractivity contribution in [1.29, 1.82) is 0 Å². The van der Waals surface area contributed by atoms with Crippen LogP contribution in [-0.4, -0.2) is 49.3 Å². The Morgan fingerprint density at radius 1 is 1.31 bits per heavy atom. The van der Waals surface area contributed by atoms with Crippen LogP contribution in [0.3, 0.4) is 0 Å². The van der Waals surface area contributed by atoms with Gasteiger partial charge in [0, 0.05) is 38.3 Å². The Kier molecular flexibility index (Phi) is 4.22. The van der Waals surface area contributed by atoms with E-state index in [2.05, 4.69) is 31.0 Å². The highest BCUT2D eigenvalue weighted by Crippen LogP contribution is 2.21. The summed E-state index contributed by atoms with van der Waals surface area (Å²) in [6, 6.07) is 1.24. The van der Waals surface area contributed by atoms with E-state index >= 15 is 0 Å². The van der Waals surface area contributed by atoms with Gasteiger partial charge in [0.1, 0.15) is 0 Å². The molecule has 2 heterocycles. The fourth-order valence-corrected chi connectivity index (χ4v) is 2.84. The zero-order chi connectivity index (χ0) is 11.5. The fourth-order valence-electron chi connectivity index (χ4n) is 2.84. The van der Waals surface area contributed by atoms with Crippen LogP contribution in [-0.2, 0) is 4.74 Å². The van der Waals surface area contributed by atoms with E-state index in [0.717, 1.165) is 19.1 Å². The summed E-state index contributed by atoms with van der Waals surface area (Å²) in [5.74, 6) is 0.722. The first kappa shape index (κ1) is 12.3. The predicted octanol–water partition coefficient (Wildman–Crippen LogP) is 1.48. The van der Waals surface area contributed by atoms with Gasteiger partial charge in [-0.1, -0.05) is 13.8 Å². The van der Waals surface area contributed by atoms with Gasteiger partial charge < -0.3 is 10.1 Å². The molecule has 1 N–H and O–H groups in total. The second-order valence-corrected chi connectivity index (χ2v) is 5.59. The van der Waals surface area contributed by atoms with Crippen molar-refractivity contribution in [2.45, 2.75) is 51.8 Å². The summed E-state index contributed by atoms with van der Waals surface area (Å²) in [5.41, 5.74) is 0. The third-order valence-corrected chi connectivity index (χ3v) is 4.12. The lowest BCUT2D eigenvalue weighted by molar-refractivity contribution is 0.0164. The van der Waals surface area contributed by atoms with Crippen molar-refractivity contribution in [2.24, 2.45) is 5.92 Å². The number of hydrogen-bond acceptors (Lipinski definition) is 3. The van der Waals surface area contributed by atoms with Crippen LogP contribution in [0.1, 0.15) is 33.6 Å². The zero-order valence-corrected chi connectivity index (χ0v) is 10.9. The maximum absolute atomic E-state index is 5.80. The van der Waals surface area contributed by atoms with Gasteiger partial charge in [-0.15, -0.1) is 0 Å². The van der Waals surface area contributed by atoms with E-state index in [1.54, 1.807) is 0 Å². The molecule has 0 bridgehead atoms. The smallest absolute Gasteiger partial charge is 0.0728 e. The van der Waals surface area contributed by atoms with Gasteiger partial charge in [-0.25, -0.2) is 0 Å². The lowest BCUT2D eigenvalue weighted by Gasteiger charge is -2.40. The summed E-state index contributed by atoms with van der Waals surface area (Å²) >= 11 is 0. The number of nitrogens with one attached hydrogen (secondary N) is 1. The van der Waals surface area contributed by atoms with Crippen LogP contribution in [0.25, 0.3) is 0 Å². The van der Waals surface area contributed by atoms with Gasteiger partial charge in [-0.3, -0.25) is 4.90 Å². The number of ether oxygens (including phenoxy) is 1. The first-order valence-electron chi connectivity index (χ1n) is 6.77. The van der Waals surface area contributed by atoms with Gasteiger partial charge >= 0.3 is 0 Å². The summed E-state index contributed by atoms with van der Waals surface area (Å²) in [6.45, 7) is 11.4. The van der Waals surface area contributed by atoms with E-state index in [0.29, 0.717) is 18.2 Å². The van der Waals surface area contributed by atoms with E-state index in [1.807, 2.05) is 0 Å². The molecule has 2 rings (SSSR count). The minimum atomic E-state index is 0.478. The van der Waals surface area contributed by atoms with Crippen LogP contribution >= 0.6 is 0 Å². The molecule has 0 aromatic rings. The molecule has 0 saturated carbocycles. The Labute approximate surface area is 99.5 Å². The standard InChI is InChI=1S/C13H26N2O/c1-10(2)12-9-15(7-6-14-12)11(3)13-5-4-8-16-13/h10-14H,4-9H2,1-3H3. The number of hydrogen-bond donors (Lipinski definition) is 1. The molecule has 3 heteroatoms. The number of rotatable bonds is 3. The SMILES string of the molecule is CC(C)C1CN(C(C)C2CCCO2)CCN1. The number of nitrogens with zero attached hydrogens (tertiary/aromatic N) is 1. The van der Waals surface area contributed by atoms with Crippen LogP contribution in [0.5, 0.6) is 0 Å². The average molecular weight is 226 g/mol. The van der Waals surface area contributed by atoms with Crippen molar-refractivity contribution >= 4 is 0 Å². The molecule has 2 fully saturated rings. The second-order valence-electron chi connectivity index (χ2n) is 5.59. The van der Waals surface area contributed by atoms with Crippen LogP contribution in [0, 0.1) is 5.92 Å². The van der Waals surface area contributed by atoms with Gasteiger partial charge in [0.25, 0.3) is 0 Å². The quantitative estimate of drug-likeness (QED) is 0.789. The highest BCUT2D eigenvalue weighted by molar-refractivity contribution is 4.87. The summed E-state index contributed by atoms with van der Waals surface area (Å²) in [4.78, 5) is 2.61. The van der Waals surface area contributed by atoms with E-state index in [4.69, 9.17) is 4.74 Å². The van der Waals surface area contributed by atoms with Gasteiger partial charge in [0.05, 0.1) is 6.10 Å². The third-order valence-electron chi connectivity index (χ3n) is 4.12. The van der Waals surface area contributed by atoms with Gasteiger partial charge in [-0.2, -0.15) is 0 Å². The first-order valence-corrected chi connectivity index (χ1v) is 6.77. The molecule has 0 spiro atoms. The Bertz CT molecular complexity index is 214. The molecular weight excluding hydrogens is 200 g/mol. The molecule has 0 aliphatic carbocycles. The van der Waals surface area contributed by atoms with Gasteiger partial charge in [-0.05, 0) is 25.7 Å². The largest absolute Gasteiger partial charge is 0.377 e. The molecule has 2 aliphatic heterocycles. The fraction of sp³-hybridized carbons (Fsp3) is 1.00. The summed E-state index contributed by atoms with van der Waals surface area (Å²) in [6.07, 6.45) is 2.97. The van der Waals surface area contributed by atoms with Crippen molar-refractivity contribution in [3.63, 3.8) is 0 Å². The van der Waals surface area contributed by atoms with Crippen molar-refractivity contribution in [3.05, 3.63) is 0 Å². The Balaban J connectivity index is 1.87. The zero-order valence-electron chi connectivity index (χ0n) is 10.9. The van der Waals surface area contributed by atoms with Crippen molar-refractivity contribution in [1.82, 2.24) is 10.2 Å². The molecule has 0 amide bonds. The summed E-state index contributed by atoms with van der Waals surface area (Å²) in [5, 5.41) is 3.61. The molecule has 2 saturated heterocycles. The maximum atomic E-state index is 5.80. The third kappa shape index (κ3) is 2.76. The lowest BCUT2D eigenvalue weighted by Crippen LogP contribution is -2.57. The van der Waals surface area contributed by atoms with E-state index < -0.39 is 0 Å². The molecule has 0 aromatic carbocycles. The van der Waals surface area contributed by atoms with Crippen molar-refractivity contribution in [2.75, 3.05) is 26.2 Å². The monoisotopic (exact) mass is 226 g/mol. The molecule has 3 atom stereocenters. The molecule has 3 unspecified atom stereocenters. The molecule has 2 aliphatic rings. The predicted molar refractivity (Wildman–Crippen MR) is 66.6 cm³/mol. The van der Waals surface area contributed by atoms with Crippen LogP contribution in [0.4, 0.5) is 0 Å². The highest BCUT2D eigenvalue weighted by Gasteiger charge is 2.31. The topological polar surface area (TPSA) is 24.5 Å². The Hall–Kier alpha value is -0.120. The van der Waals surface area contributed by atoms with E-state index in [-0.39, 0.29) is 0 Å². The van der Waals surface area contributed by atoms with Crippen LogP contribution in [0.2, 0.25) is 0 Å². The lowest BCUT2D eigenvalue weighted by atomic mass is 9.99. The Morgan fingerprint density at radius 2 is 2.12 bits per heavy atom. The number of piperazine rings is 1. The minimum Gasteiger partial charge on any atom is -0.377 e. The van der Waals surface area contributed by atoms with Gasteiger partial charge in [0.2, 0.25) is 0 Å². The molecule has 0 radical (unpaired) electrons. The van der Waals surface area contributed by atoms with Crippen molar-refractivity contribution < 1.29 is 4.74 Å². The summed E-state index contributed by atoms with van der Waals surface area (Å²) in [7, 11) is 0. The van der Waals surface area contributed by atoms with E-state index in [9.17, 15) is 0 Å². The molecule has 3 nitrogen and oxygen atoms in total. The first-order chi connectivity index (χ1) is 7.68. The average Bonchev–Trinajstić information content (AvgIpc) is 2.81. The van der Waals surface area contributed by atoms with Crippen LogP contribution in [0.15, 0.2) is 0 Å². The minimum absolute atomic E-state index is 0.478. The molecule has 0 aromatic heterocycles.